The second kappa shape index (κ2) is 4.49. The van der Waals surface area contributed by atoms with E-state index in [-0.39, 0.29) is 17.8 Å². The molecule has 1 aliphatic rings. The van der Waals surface area contributed by atoms with E-state index in [1.54, 1.807) is 18.3 Å². The highest BCUT2D eigenvalue weighted by molar-refractivity contribution is 5.49. The van der Waals surface area contributed by atoms with Crippen LogP contribution in [0.2, 0.25) is 0 Å². The number of nitrogens with two attached hydrogens (primary N) is 1. The molecule has 2 rings (SSSR count). The van der Waals surface area contributed by atoms with Crippen LogP contribution in [0.1, 0.15) is 25.7 Å². The number of rotatable bonds is 2. The summed E-state index contributed by atoms with van der Waals surface area (Å²) in [6.45, 7) is 0. The first-order chi connectivity index (χ1) is 7.27. The van der Waals surface area contributed by atoms with Gasteiger partial charge in [-0.15, -0.1) is 0 Å². The lowest BCUT2D eigenvalue weighted by Gasteiger charge is -2.29. The van der Waals surface area contributed by atoms with Crippen LogP contribution < -0.4 is 11.1 Å². The molecular formula is C11H17N3O. The zero-order valence-corrected chi connectivity index (χ0v) is 8.69. The molecule has 1 fully saturated rings. The summed E-state index contributed by atoms with van der Waals surface area (Å²) in [6, 6.07) is 3.74. The summed E-state index contributed by atoms with van der Waals surface area (Å²) in [5, 5.41) is 12.8. The van der Waals surface area contributed by atoms with E-state index in [2.05, 4.69) is 10.3 Å². The van der Waals surface area contributed by atoms with Crippen molar-refractivity contribution in [3.63, 3.8) is 0 Å². The van der Waals surface area contributed by atoms with E-state index in [9.17, 15) is 5.11 Å². The highest BCUT2D eigenvalue weighted by Gasteiger charge is 2.22. The number of aromatic nitrogens is 1. The quantitative estimate of drug-likeness (QED) is 0.686. The first-order valence-corrected chi connectivity index (χ1v) is 5.43. The molecule has 0 amide bonds. The van der Waals surface area contributed by atoms with E-state index < -0.39 is 0 Å². The molecule has 1 aliphatic carbocycles. The van der Waals surface area contributed by atoms with Gasteiger partial charge in [-0.1, -0.05) is 12.8 Å². The first kappa shape index (κ1) is 10.2. The Balaban J connectivity index is 2.04. The van der Waals surface area contributed by atoms with Crippen LogP contribution >= 0.6 is 0 Å². The van der Waals surface area contributed by atoms with E-state index >= 15 is 0 Å². The normalized spacial score (nSPS) is 26.2. The maximum atomic E-state index is 9.56. The lowest BCUT2D eigenvalue weighted by atomic mass is 9.91. The Bertz CT molecular complexity index is 329. The predicted molar refractivity (Wildman–Crippen MR) is 59.8 cm³/mol. The molecule has 2 unspecified atom stereocenters. The second-order valence-electron chi connectivity index (χ2n) is 4.07. The molecule has 0 spiro atoms. The number of hydrogen-bond acceptors (Lipinski definition) is 4. The Labute approximate surface area is 89.5 Å². The van der Waals surface area contributed by atoms with E-state index in [1.807, 2.05) is 0 Å². The smallest absolute Gasteiger partial charge is 0.168 e. The van der Waals surface area contributed by atoms with Gasteiger partial charge in [0.1, 0.15) is 0 Å². The van der Waals surface area contributed by atoms with Crippen LogP contribution in [0.4, 0.5) is 5.82 Å². The Morgan fingerprint density at radius 3 is 2.93 bits per heavy atom. The standard InChI is InChI=1S/C11H17N3O/c12-8-4-1-2-5-9(8)14-11-10(15)6-3-7-13-11/h3,6-9,15H,1-2,4-5,12H2,(H,13,14). The van der Waals surface area contributed by atoms with Gasteiger partial charge in [-0.3, -0.25) is 0 Å². The maximum Gasteiger partial charge on any atom is 0.168 e. The van der Waals surface area contributed by atoms with Crippen molar-refractivity contribution in [2.75, 3.05) is 5.32 Å². The largest absolute Gasteiger partial charge is 0.504 e. The highest BCUT2D eigenvalue weighted by Crippen LogP contribution is 2.24. The Hall–Kier alpha value is -1.29. The van der Waals surface area contributed by atoms with Crippen LogP contribution in [0, 0.1) is 0 Å². The molecule has 0 bridgehead atoms. The van der Waals surface area contributed by atoms with Crippen LogP contribution in [-0.4, -0.2) is 22.2 Å². The number of nitrogens with zero attached hydrogens (tertiary/aromatic N) is 1. The third-order valence-electron chi connectivity index (χ3n) is 2.93. The van der Waals surface area contributed by atoms with Crippen LogP contribution in [0.3, 0.4) is 0 Å². The van der Waals surface area contributed by atoms with E-state index in [4.69, 9.17) is 5.73 Å². The summed E-state index contributed by atoms with van der Waals surface area (Å²) in [5.74, 6) is 0.732. The number of pyridine rings is 1. The minimum Gasteiger partial charge on any atom is -0.504 e. The van der Waals surface area contributed by atoms with Crippen molar-refractivity contribution in [1.82, 2.24) is 4.98 Å². The van der Waals surface area contributed by atoms with Crippen LogP contribution in [-0.2, 0) is 0 Å². The molecule has 1 saturated carbocycles. The van der Waals surface area contributed by atoms with Gasteiger partial charge in [-0.05, 0) is 25.0 Å². The molecule has 4 N–H and O–H groups in total. The van der Waals surface area contributed by atoms with Gasteiger partial charge in [0.2, 0.25) is 0 Å². The highest BCUT2D eigenvalue weighted by atomic mass is 16.3. The third kappa shape index (κ3) is 2.39. The number of nitrogens with one attached hydrogen (secondary N) is 1. The van der Waals surface area contributed by atoms with Crippen LogP contribution in [0.5, 0.6) is 5.75 Å². The molecule has 82 valence electrons. The fourth-order valence-electron chi connectivity index (χ4n) is 2.02. The topological polar surface area (TPSA) is 71.2 Å². The molecule has 0 aliphatic heterocycles. The minimum absolute atomic E-state index is 0.167. The molecule has 0 saturated heterocycles. The third-order valence-corrected chi connectivity index (χ3v) is 2.93. The molecule has 0 aromatic carbocycles. The van der Waals surface area contributed by atoms with Gasteiger partial charge in [0.25, 0.3) is 0 Å². The van der Waals surface area contributed by atoms with E-state index in [1.165, 1.54) is 12.8 Å². The van der Waals surface area contributed by atoms with Crippen molar-refractivity contribution in [2.45, 2.75) is 37.8 Å². The number of anilines is 1. The van der Waals surface area contributed by atoms with Gasteiger partial charge in [0, 0.05) is 18.3 Å². The Morgan fingerprint density at radius 2 is 2.20 bits per heavy atom. The summed E-state index contributed by atoms with van der Waals surface area (Å²) in [4.78, 5) is 4.09. The van der Waals surface area contributed by atoms with Crippen molar-refractivity contribution in [1.29, 1.82) is 0 Å². The minimum atomic E-state index is 0.167. The van der Waals surface area contributed by atoms with Gasteiger partial charge < -0.3 is 16.2 Å². The molecule has 0 radical (unpaired) electrons. The molecule has 1 aromatic rings. The molecule has 15 heavy (non-hydrogen) atoms. The molecule has 4 nitrogen and oxygen atoms in total. The van der Waals surface area contributed by atoms with Gasteiger partial charge >= 0.3 is 0 Å². The summed E-state index contributed by atoms with van der Waals surface area (Å²) in [5.41, 5.74) is 6.00. The maximum absolute atomic E-state index is 9.56. The molecule has 1 heterocycles. The summed E-state index contributed by atoms with van der Waals surface area (Å²) in [6.07, 6.45) is 6.16. The van der Waals surface area contributed by atoms with Crippen molar-refractivity contribution in [2.24, 2.45) is 5.73 Å². The lowest BCUT2D eigenvalue weighted by molar-refractivity contribution is 0.400. The van der Waals surface area contributed by atoms with Crippen molar-refractivity contribution in [3.05, 3.63) is 18.3 Å². The van der Waals surface area contributed by atoms with Gasteiger partial charge in [0.15, 0.2) is 11.6 Å². The molecule has 4 heteroatoms. The second-order valence-corrected chi connectivity index (χ2v) is 4.07. The van der Waals surface area contributed by atoms with Crippen LogP contribution in [0.25, 0.3) is 0 Å². The molecule has 2 atom stereocenters. The Morgan fingerprint density at radius 1 is 1.40 bits per heavy atom. The van der Waals surface area contributed by atoms with E-state index in [0.717, 1.165) is 12.8 Å². The SMILES string of the molecule is NC1CCCCC1Nc1ncccc1O. The van der Waals surface area contributed by atoms with Crippen molar-refractivity contribution in [3.8, 4) is 5.75 Å². The summed E-state index contributed by atoms with van der Waals surface area (Å²) in [7, 11) is 0. The molecule has 1 aromatic heterocycles. The van der Waals surface area contributed by atoms with Gasteiger partial charge in [-0.25, -0.2) is 4.98 Å². The monoisotopic (exact) mass is 207 g/mol. The lowest BCUT2D eigenvalue weighted by Crippen LogP contribution is -2.42. The van der Waals surface area contributed by atoms with Crippen molar-refractivity contribution >= 4 is 5.82 Å². The molecular weight excluding hydrogens is 190 g/mol. The van der Waals surface area contributed by atoms with Gasteiger partial charge in [-0.2, -0.15) is 0 Å². The zero-order chi connectivity index (χ0) is 10.7. The van der Waals surface area contributed by atoms with Crippen molar-refractivity contribution < 1.29 is 5.11 Å². The number of aromatic hydroxyl groups is 1. The summed E-state index contributed by atoms with van der Waals surface area (Å²) < 4.78 is 0. The fraction of sp³-hybridized carbons (Fsp3) is 0.545. The van der Waals surface area contributed by atoms with E-state index in [0.29, 0.717) is 5.82 Å². The Kier molecular flexibility index (Phi) is 3.06. The average molecular weight is 207 g/mol. The zero-order valence-electron chi connectivity index (χ0n) is 8.69. The fourth-order valence-corrected chi connectivity index (χ4v) is 2.02. The van der Waals surface area contributed by atoms with Gasteiger partial charge in [0.05, 0.1) is 0 Å². The van der Waals surface area contributed by atoms with Crippen LogP contribution in [0.15, 0.2) is 18.3 Å². The number of hydrogen-bond donors (Lipinski definition) is 3. The average Bonchev–Trinajstić information content (AvgIpc) is 2.24. The predicted octanol–water partition coefficient (Wildman–Crippen LogP) is 1.47. The first-order valence-electron chi connectivity index (χ1n) is 5.43. The summed E-state index contributed by atoms with van der Waals surface area (Å²) >= 11 is 0.